The molecule has 3 aliphatic heterocycles. The van der Waals surface area contributed by atoms with Crippen LogP contribution in [0.5, 0.6) is 5.75 Å². The predicted octanol–water partition coefficient (Wildman–Crippen LogP) is 3.04. The van der Waals surface area contributed by atoms with Crippen LogP contribution >= 0.6 is 0 Å². The standard InChI is InChI=1S/C19H25NO2/c21-18(15-11-16-2-1-3-17(12-15)20-16)6-4-13-5-7-19-14(10-13)8-9-22-19/h5,7,10,15-17,20H,1-4,6,8-9,11-12H2. The van der Waals surface area contributed by atoms with Crippen molar-refractivity contribution in [1.29, 1.82) is 0 Å². The first kappa shape index (κ1) is 14.3. The van der Waals surface area contributed by atoms with Crippen LogP contribution in [0.15, 0.2) is 18.2 Å². The lowest BCUT2D eigenvalue weighted by molar-refractivity contribution is -0.124. The molecule has 22 heavy (non-hydrogen) atoms. The van der Waals surface area contributed by atoms with Crippen LogP contribution in [0.3, 0.4) is 0 Å². The summed E-state index contributed by atoms with van der Waals surface area (Å²) in [5.74, 6) is 1.81. The van der Waals surface area contributed by atoms with Gasteiger partial charge in [-0.15, -0.1) is 0 Å². The maximum Gasteiger partial charge on any atom is 0.136 e. The zero-order chi connectivity index (χ0) is 14.9. The van der Waals surface area contributed by atoms with Crippen LogP contribution in [0.2, 0.25) is 0 Å². The second-order valence-electron chi connectivity index (χ2n) is 7.17. The number of fused-ring (bicyclic) bond motifs is 3. The highest BCUT2D eigenvalue weighted by molar-refractivity contribution is 5.81. The molecule has 1 aromatic rings. The number of hydrogen-bond acceptors (Lipinski definition) is 3. The third-order valence-corrected chi connectivity index (χ3v) is 5.58. The molecule has 3 heteroatoms. The molecule has 2 unspecified atom stereocenters. The molecule has 1 aromatic carbocycles. The molecule has 2 atom stereocenters. The van der Waals surface area contributed by atoms with E-state index >= 15 is 0 Å². The number of ether oxygens (including phenoxy) is 1. The van der Waals surface area contributed by atoms with E-state index in [0.29, 0.717) is 30.2 Å². The van der Waals surface area contributed by atoms with Crippen LogP contribution < -0.4 is 10.1 Å². The molecule has 0 saturated carbocycles. The van der Waals surface area contributed by atoms with Crippen LogP contribution in [0, 0.1) is 5.92 Å². The topological polar surface area (TPSA) is 38.3 Å². The smallest absolute Gasteiger partial charge is 0.136 e. The van der Waals surface area contributed by atoms with Crippen LogP contribution in [0.4, 0.5) is 0 Å². The zero-order valence-corrected chi connectivity index (χ0v) is 13.1. The Labute approximate surface area is 132 Å². The molecule has 3 nitrogen and oxygen atoms in total. The maximum absolute atomic E-state index is 12.6. The van der Waals surface area contributed by atoms with Gasteiger partial charge in [0.2, 0.25) is 0 Å². The van der Waals surface area contributed by atoms with E-state index in [-0.39, 0.29) is 0 Å². The van der Waals surface area contributed by atoms with E-state index in [1.807, 2.05) is 0 Å². The first-order chi connectivity index (χ1) is 10.8. The monoisotopic (exact) mass is 299 g/mol. The molecule has 0 aromatic heterocycles. The van der Waals surface area contributed by atoms with Gasteiger partial charge in [0.25, 0.3) is 0 Å². The molecule has 3 aliphatic rings. The van der Waals surface area contributed by atoms with Gasteiger partial charge in [0, 0.05) is 30.8 Å². The van der Waals surface area contributed by atoms with E-state index in [4.69, 9.17) is 4.74 Å². The van der Waals surface area contributed by atoms with Gasteiger partial charge in [-0.3, -0.25) is 4.79 Å². The molecule has 1 N–H and O–H groups in total. The van der Waals surface area contributed by atoms with Crippen molar-refractivity contribution < 1.29 is 9.53 Å². The highest BCUT2D eigenvalue weighted by atomic mass is 16.5. The number of rotatable bonds is 4. The van der Waals surface area contributed by atoms with Crippen LogP contribution in [-0.4, -0.2) is 24.5 Å². The van der Waals surface area contributed by atoms with Gasteiger partial charge in [-0.1, -0.05) is 18.6 Å². The maximum atomic E-state index is 12.6. The fourth-order valence-electron chi connectivity index (χ4n) is 4.40. The van der Waals surface area contributed by atoms with Crippen LogP contribution in [0.25, 0.3) is 0 Å². The third kappa shape index (κ3) is 2.91. The molecule has 0 aliphatic carbocycles. The Morgan fingerprint density at radius 2 is 2.05 bits per heavy atom. The predicted molar refractivity (Wildman–Crippen MR) is 86.3 cm³/mol. The molecule has 118 valence electrons. The van der Waals surface area contributed by atoms with Crippen LogP contribution in [-0.2, 0) is 17.6 Å². The minimum Gasteiger partial charge on any atom is -0.493 e. The molecule has 0 spiro atoms. The van der Waals surface area contributed by atoms with Crippen LogP contribution in [0.1, 0.15) is 49.7 Å². The number of carbonyl (C=O) groups is 1. The first-order valence-corrected chi connectivity index (χ1v) is 8.81. The number of hydrogen-bond donors (Lipinski definition) is 1. The summed E-state index contributed by atoms with van der Waals surface area (Å²) in [4.78, 5) is 12.6. The van der Waals surface area contributed by atoms with Gasteiger partial charge < -0.3 is 10.1 Å². The minimum atomic E-state index is 0.300. The highest BCUT2D eigenvalue weighted by Crippen LogP contribution is 2.31. The lowest BCUT2D eigenvalue weighted by Gasteiger charge is -2.39. The Balaban J connectivity index is 1.34. The van der Waals surface area contributed by atoms with Gasteiger partial charge in [0.05, 0.1) is 6.61 Å². The summed E-state index contributed by atoms with van der Waals surface area (Å²) in [5.41, 5.74) is 2.59. The quantitative estimate of drug-likeness (QED) is 0.928. The Morgan fingerprint density at radius 1 is 1.23 bits per heavy atom. The lowest BCUT2D eigenvalue weighted by Crippen LogP contribution is -2.50. The van der Waals surface area contributed by atoms with Crippen molar-refractivity contribution in [3.63, 3.8) is 0 Å². The lowest BCUT2D eigenvalue weighted by atomic mass is 9.77. The first-order valence-electron chi connectivity index (χ1n) is 8.81. The molecule has 0 radical (unpaired) electrons. The van der Waals surface area contributed by atoms with Crippen molar-refractivity contribution in [3.8, 4) is 5.75 Å². The number of ketones is 1. The van der Waals surface area contributed by atoms with E-state index in [2.05, 4.69) is 23.5 Å². The Morgan fingerprint density at radius 3 is 2.86 bits per heavy atom. The van der Waals surface area contributed by atoms with Gasteiger partial charge in [0.15, 0.2) is 0 Å². The van der Waals surface area contributed by atoms with E-state index in [1.165, 1.54) is 30.4 Å². The van der Waals surface area contributed by atoms with Crippen molar-refractivity contribution in [3.05, 3.63) is 29.3 Å². The Kier molecular flexibility index (Phi) is 3.91. The summed E-state index contributed by atoms with van der Waals surface area (Å²) in [6.07, 6.45) is 8.56. The van der Waals surface area contributed by atoms with Gasteiger partial charge in [-0.2, -0.15) is 0 Å². The normalized spacial score (nSPS) is 29.7. The molecule has 2 bridgehead atoms. The summed E-state index contributed by atoms with van der Waals surface area (Å²) in [6, 6.07) is 7.61. The van der Waals surface area contributed by atoms with E-state index in [9.17, 15) is 4.79 Å². The van der Waals surface area contributed by atoms with Crippen molar-refractivity contribution in [1.82, 2.24) is 5.32 Å². The third-order valence-electron chi connectivity index (χ3n) is 5.58. The summed E-state index contributed by atoms with van der Waals surface area (Å²) < 4.78 is 5.54. The van der Waals surface area contributed by atoms with Crippen molar-refractivity contribution >= 4 is 5.78 Å². The van der Waals surface area contributed by atoms with E-state index < -0.39 is 0 Å². The highest BCUT2D eigenvalue weighted by Gasteiger charge is 2.34. The number of nitrogens with one attached hydrogen (secondary N) is 1. The molecule has 4 rings (SSSR count). The van der Waals surface area contributed by atoms with Gasteiger partial charge in [0.1, 0.15) is 11.5 Å². The molecular weight excluding hydrogens is 274 g/mol. The molecular formula is C19H25NO2. The number of Topliss-reactive ketones (excluding diaryl/α,β-unsaturated/α-hetero) is 1. The largest absolute Gasteiger partial charge is 0.493 e. The average Bonchev–Trinajstić information content (AvgIpc) is 2.99. The second-order valence-corrected chi connectivity index (χ2v) is 7.17. The summed E-state index contributed by atoms with van der Waals surface area (Å²) in [5, 5.41) is 3.67. The minimum absolute atomic E-state index is 0.300. The van der Waals surface area contributed by atoms with Crippen molar-refractivity contribution in [2.45, 2.75) is 63.5 Å². The number of benzene rings is 1. The summed E-state index contributed by atoms with van der Waals surface area (Å²) in [6.45, 7) is 0.801. The number of aryl methyl sites for hydroxylation is 1. The number of piperidine rings is 2. The fraction of sp³-hybridized carbons (Fsp3) is 0.632. The Bertz CT molecular complexity index is 557. The van der Waals surface area contributed by atoms with Gasteiger partial charge in [-0.05, 0) is 49.3 Å². The fourth-order valence-corrected chi connectivity index (χ4v) is 4.40. The van der Waals surface area contributed by atoms with E-state index in [1.54, 1.807) is 0 Å². The summed E-state index contributed by atoms with van der Waals surface area (Å²) >= 11 is 0. The van der Waals surface area contributed by atoms with Crippen molar-refractivity contribution in [2.24, 2.45) is 5.92 Å². The van der Waals surface area contributed by atoms with Gasteiger partial charge >= 0.3 is 0 Å². The molecule has 3 heterocycles. The molecule has 2 saturated heterocycles. The average molecular weight is 299 g/mol. The SMILES string of the molecule is O=C(CCc1ccc2c(c1)CCO2)C1CC2CCCC(C1)N2. The Hall–Kier alpha value is -1.35. The number of carbonyl (C=O) groups excluding carboxylic acids is 1. The van der Waals surface area contributed by atoms with Gasteiger partial charge in [-0.25, -0.2) is 0 Å². The molecule has 2 fully saturated rings. The molecule has 0 amide bonds. The second kappa shape index (κ2) is 6.04. The van der Waals surface area contributed by atoms with Crippen molar-refractivity contribution in [2.75, 3.05) is 6.61 Å². The summed E-state index contributed by atoms with van der Waals surface area (Å²) in [7, 11) is 0. The van der Waals surface area contributed by atoms with E-state index in [0.717, 1.165) is 38.0 Å². The zero-order valence-electron chi connectivity index (χ0n) is 13.1.